The number of nitrogens with two attached hydrogens (primary N) is 1. The van der Waals surface area contributed by atoms with Crippen LogP contribution in [0.4, 0.5) is 0 Å². The third-order valence-electron chi connectivity index (χ3n) is 1.81. The Morgan fingerprint density at radius 3 is 2.62 bits per heavy atom. The van der Waals surface area contributed by atoms with Crippen LogP contribution in [0.3, 0.4) is 0 Å². The molecule has 72 valence electrons. The Morgan fingerprint density at radius 1 is 1.31 bits per heavy atom. The molecule has 0 fully saturated rings. The molecule has 2 N–H and O–H groups in total. The van der Waals surface area contributed by atoms with Gasteiger partial charge in [0.2, 0.25) is 0 Å². The topological polar surface area (TPSA) is 35.2 Å². The van der Waals surface area contributed by atoms with Gasteiger partial charge in [-0.15, -0.1) is 0 Å². The van der Waals surface area contributed by atoms with Crippen LogP contribution in [0.5, 0.6) is 0 Å². The predicted octanol–water partition coefficient (Wildman–Crippen LogP) is 2.07. The van der Waals surface area contributed by atoms with E-state index in [9.17, 15) is 0 Å². The van der Waals surface area contributed by atoms with Gasteiger partial charge in [0.1, 0.15) is 0 Å². The molecule has 0 atom stereocenters. The van der Waals surface area contributed by atoms with Gasteiger partial charge in [-0.05, 0) is 25.0 Å². The van der Waals surface area contributed by atoms with Crippen LogP contribution in [0.1, 0.15) is 25.0 Å². The summed E-state index contributed by atoms with van der Waals surface area (Å²) in [7, 11) is 0. The molecule has 0 aromatic heterocycles. The molecule has 1 aromatic rings. The van der Waals surface area contributed by atoms with Crippen molar-refractivity contribution in [2.45, 2.75) is 33.1 Å². The lowest BCUT2D eigenvalue weighted by Gasteiger charge is -2.08. The molecule has 0 saturated heterocycles. The van der Waals surface area contributed by atoms with Crippen LogP contribution in [0.15, 0.2) is 24.3 Å². The molecular formula is C11H17NO. The van der Waals surface area contributed by atoms with Crippen LogP contribution < -0.4 is 5.73 Å². The molecule has 2 heteroatoms. The molecule has 0 aliphatic rings. The lowest BCUT2D eigenvalue weighted by Crippen LogP contribution is -2.03. The van der Waals surface area contributed by atoms with Crippen molar-refractivity contribution in [2.75, 3.05) is 0 Å². The Kier molecular flexibility index (Phi) is 3.93. The summed E-state index contributed by atoms with van der Waals surface area (Å²) in [5, 5.41) is 0. The maximum atomic E-state index is 5.53. The van der Waals surface area contributed by atoms with Crippen LogP contribution in [0.2, 0.25) is 0 Å². The van der Waals surface area contributed by atoms with Gasteiger partial charge in [0, 0.05) is 6.54 Å². The van der Waals surface area contributed by atoms with Crippen molar-refractivity contribution < 1.29 is 4.74 Å². The Hall–Kier alpha value is -0.860. The number of ether oxygens (including phenoxy) is 1. The molecule has 0 bridgehead atoms. The van der Waals surface area contributed by atoms with Crippen molar-refractivity contribution >= 4 is 0 Å². The Labute approximate surface area is 79.7 Å². The van der Waals surface area contributed by atoms with E-state index in [1.807, 2.05) is 26.0 Å². The summed E-state index contributed by atoms with van der Waals surface area (Å²) in [6.45, 7) is 5.33. The van der Waals surface area contributed by atoms with E-state index in [4.69, 9.17) is 10.5 Å². The quantitative estimate of drug-likeness (QED) is 0.768. The van der Waals surface area contributed by atoms with Gasteiger partial charge < -0.3 is 10.5 Å². The molecule has 0 saturated carbocycles. The van der Waals surface area contributed by atoms with Crippen LogP contribution in [-0.2, 0) is 17.9 Å². The van der Waals surface area contributed by atoms with Gasteiger partial charge in [-0.25, -0.2) is 0 Å². The van der Waals surface area contributed by atoms with E-state index in [2.05, 4.69) is 12.1 Å². The summed E-state index contributed by atoms with van der Waals surface area (Å²) in [4.78, 5) is 0. The fraction of sp³-hybridized carbons (Fsp3) is 0.455. The number of hydrogen-bond acceptors (Lipinski definition) is 2. The molecule has 0 spiro atoms. The van der Waals surface area contributed by atoms with Crippen LogP contribution in [-0.4, -0.2) is 6.10 Å². The summed E-state index contributed by atoms with van der Waals surface area (Å²) in [5.74, 6) is 0. The van der Waals surface area contributed by atoms with Gasteiger partial charge in [0.05, 0.1) is 12.7 Å². The van der Waals surface area contributed by atoms with E-state index in [1.165, 1.54) is 5.56 Å². The van der Waals surface area contributed by atoms with Gasteiger partial charge in [-0.3, -0.25) is 0 Å². The summed E-state index contributed by atoms with van der Waals surface area (Å²) in [6, 6.07) is 8.18. The first-order chi connectivity index (χ1) is 6.22. The van der Waals surface area contributed by atoms with Crippen molar-refractivity contribution in [1.29, 1.82) is 0 Å². The average molecular weight is 179 g/mol. The minimum absolute atomic E-state index is 0.279. The molecule has 1 rings (SSSR count). The van der Waals surface area contributed by atoms with E-state index in [1.54, 1.807) is 0 Å². The normalized spacial score (nSPS) is 10.8. The van der Waals surface area contributed by atoms with Crippen LogP contribution in [0.25, 0.3) is 0 Å². The van der Waals surface area contributed by atoms with Crippen LogP contribution >= 0.6 is 0 Å². The van der Waals surface area contributed by atoms with Crippen molar-refractivity contribution in [3.63, 3.8) is 0 Å². The highest BCUT2D eigenvalue weighted by Crippen LogP contribution is 2.07. The number of rotatable bonds is 4. The number of hydrogen-bond donors (Lipinski definition) is 1. The first kappa shape index (κ1) is 10.2. The Morgan fingerprint density at radius 2 is 2.00 bits per heavy atom. The van der Waals surface area contributed by atoms with Crippen molar-refractivity contribution in [1.82, 2.24) is 0 Å². The largest absolute Gasteiger partial charge is 0.374 e. The molecule has 0 unspecified atom stereocenters. The third kappa shape index (κ3) is 3.57. The monoisotopic (exact) mass is 179 g/mol. The Bertz CT molecular complexity index is 258. The summed E-state index contributed by atoms with van der Waals surface area (Å²) in [6.07, 6.45) is 0.279. The van der Waals surface area contributed by atoms with Gasteiger partial charge in [-0.1, -0.05) is 24.3 Å². The molecule has 0 radical (unpaired) electrons. The second kappa shape index (κ2) is 5.00. The summed E-state index contributed by atoms with van der Waals surface area (Å²) in [5.41, 5.74) is 7.88. The van der Waals surface area contributed by atoms with E-state index < -0.39 is 0 Å². The first-order valence-corrected chi connectivity index (χ1v) is 4.62. The van der Waals surface area contributed by atoms with Crippen molar-refractivity contribution in [3.05, 3.63) is 35.4 Å². The second-order valence-electron chi connectivity index (χ2n) is 3.38. The van der Waals surface area contributed by atoms with Crippen molar-refractivity contribution in [3.8, 4) is 0 Å². The summed E-state index contributed by atoms with van der Waals surface area (Å²) >= 11 is 0. The molecule has 0 aliphatic carbocycles. The predicted molar refractivity (Wildman–Crippen MR) is 54.3 cm³/mol. The lowest BCUT2D eigenvalue weighted by molar-refractivity contribution is 0.0657. The summed E-state index contributed by atoms with van der Waals surface area (Å²) < 4.78 is 5.49. The van der Waals surface area contributed by atoms with Gasteiger partial charge in [-0.2, -0.15) is 0 Å². The fourth-order valence-corrected chi connectivity index (χ4v) is 1.11. The molecule has 2 nitrogen and oxygen atoms in total. The third-order valence-corrected chi connectivity index (χ3v) is 1.81. The first-order valence-electron chi connectivity index (χ1n) is 4.62. The highest BCUT2D eigenvalue weighted by Gasteiger charge is 1.96. The molecule has 13 heavy (non-hydrogen) atoms. The zero-order valence-corrected chi connectivity index (χ0v) is 8.29. The van der Waals surface area contributed by atoms with Gasteiger partial charge in [0.15, 0.2) is 0 Å². The van der Waals surface area contributed by atoms with Gasteiger partial charge in [0.25, 0.3) is 0 Å². The maximum absolute atomic E-state index is 5.53. The van der Waals surface area contributed by atoms with Crippen LogP contribution in [0, 0.1) is 0 Å². The van der Waals surface area contributed by atoms with Crippen molar-refractivity contribution in [2.24, 2.45) is 5.73 Å². The lowest BCUT2D eigenvalue weighted by atomic mass is 10.1. The molecule has 0 aliphatic heterocycles. The minimum Gasteiger partial charge on any atom is -0.374 e. The second-order valence-corrected chi connectivity index (χ2v) is 3.38. The van der Waals surface area contributed by atoms with Gasteiger partial charge >= 0.3 is 0 Å². The maximum Gasteiger partial charge on any atom is 0.0720 e. The average Bonchev–Trinajstić information content (AvgIpc) is 2.15. The zero-order chi connectivity index (χ0) is 9.68. The molecule has 0 amide bonds. The molecule has 1 aromatic carbocycles. The highest BCUT2D eigenvalue weighted by atomic mass is 16.5. The van der Waals surface area contributed by atoms with E-state index in [0.29, 0.717) is 13.2 Å². The SMILES string of the molecule is CC(C)OCc1cccc(CN)c1. The highest BCUT2D eigenvalue weighted by molar-refractivity contribution is 5.22. The zero-order valence-electron chi connectivity index (χ0n) is 8.29. The van der Waals surface area contributed by atoms with E-state index in [-0.39, 0.29) is 6.10 Å². The molecule has 0 heterocycles. The smallest absolute Gasteiger partial charge is 0.0720 e. The fourth-order valence-electron chi connectivity index (χ4n) is 1.11. The van der Waals surface area contributed by atoms with E-state index in [0.717, 1.165) is 5.56 Å². The minimum atomic E-state index is 0.279. The van der Waals surface area contributed by atoms with E-state index >= 15 is 0 Å². The molecular weight excluding hydrogens is 162 g/mol. The Balaban J connectivity index is 2.56. The standard InChI is InChI=1S/C11H17NO/c1-9(2)13-8-11-5-3-4-10(6-11)7-12/h3-6,9H,7-8,12H2,1-2H3. The number of benzene rings is 1.